The van der Waals surface area contributed by atoms with Gasteiger partial charge in [0.25, 0.3) is 0 Å². The van der Waals surface area contributed by atoms with Crippen molar-refractivity contribution in [2.24, 2.45) is 0 Å². The van der Waals surface area contributed by atoms with Crippen molar-refractivity contribution in [3.8, 4) is 0 Å². The summed E-state index contributed by atoms with van der Waals surface area (Å²) in [6.07, 6.45) is 6.03. The molecular formula is C20H22ClNO. The number of aliphatic hydroxyl groups is 1. The second-order valence-electron chi connectivity index (χ2n) is 6.21. The minimum atomic E-state index is 0.428. The summed E-state index contributed by atoms with van der Waals surface area (Å²) >= 11 is 6.12. The fourth-order valence-corrected chi connectivity index (χ4v) is 3.70. The number of hydrogen-bond donors (Lipinski definition) is 2. The molecule has 0 radical (unpaired) electrons. The van der Waals surface area contributed by atoms with Crippen LogP contribution in [0.25, 0.3) is 6.08 Å². The predicted octanol–water partition coefficient (Wildman–Crippen LogP) is 5.00. The number of hydrogen-bond acceptors (Lipinski definition) is 2. The summed E-state index contributed by atoms with van der Waals surface area (Å²) in [4.78, 5) is 0. The van der Waals surface area contributed by atoms with Crippen molar-refractivity contribution in [1.29, 1.82) is 0 Å². The highest BCUT2D eigenvalue weighted by Gasteiger charge is 2.21. The summed E-state index contributed by atoms with van der Waals surface area (Å²) in [6, 6.07) is 13.1. The van der Waals surface area contributed by atoms with Gasteiger partial charge in [-0.05, 0) is 78.8 Å². The molecule has 0 fully saturated rings. The van der Waals surface area contributed by atoms with Gasteiger partial charge in [-0.15, -0.1) is 0 Å². The normalized spacial score (nSPS) is 16.9. The van der Waals surface area contributed by atoms with Crippen molar-refractivity contribution >= 4 is 17.7 Å². The Hall–Kier alpha value is -1.77. The van der Waals surface area contributed by atoms with E-state index in [-0.39, 0.29) is 0 Å². The van der Waals surface area contributed by atoms with Crippen LogP contribution in [0.5, 0.6) is 0 Å². The van der Waals surface area contributed by atoms with Gasteiger partial charge in [0.2, 0.25) is 0 Å². The maximum atomic E-state index is 8.88. The Labute approximate surface area is 142 Å². The molecule has 0 amide bonds. The molecule has 1 aliphatic carbocycles. The van der Waals surface area contributed by atoms with E-state index in [1.165, 1.54) is 22.3 Å². The molecular weight excluding hydrogens is 306 g/mol. The van der Waals surface area contributed by atoms with Crippen LogP contribution in [0.15, 0.2) is 42.7 Å². The van der Waals surface area contributed by atoms with E-state index >= 15 is 0 Å². The minimum absolute atomic E-state index is 0.428. The highest BCUT2D eigenvalue weighted by atomic mass is 35.5. The number of aliphatic hydroxyl groups excluding tert-OH is 1. The molecule has 0 heterocycles. The summed E-state index contributed by atoms with van der Waals surface area (Å²) in [5.74, 6) is 0. The van der Waals surface area contributed by atoms with Gasteiger partial charge in [-0.2, -0.15) is 0 Å². The molecule has 1 atom stereocenters. The van der Waals surface area contributed by atoms with Gasteiger partial charge in [-0.3, -0.25) is 0 Å². The Kier molecular flexibility index (Phi) is 5.04. The quantitative estimate of drug-likeness (QED) is 0.758. The largest absolute Gasteiger partial charge is 0.516 e. The molecule has 120 valence electrons. The van der Waals surface area contributed by atoms with Gasteiger partial charge in [0.15, 0.2) is 0 Å². The molecule has 1 unspecified atom stereocenters. The number of benzene rings is 2. The fraction of sp³-hybridized carbons (Fsp3) is 0.300. The summed E-state index contributed by atoms with van der Waals surface area (Å²) in [7, 11) is 0. The van der Waals surface area contributed by atoms with Crippen LogP contribution in [0.3, 0.4) is 0 Å². The zero-order valence-electron chi connectivity index (χ0n) is 13.3. The van der Waals surface area contributed by atoms with E-state index in [1.54, 1.807) is 6.08 Å². The molecule has 23 heavy (non-hydrogen) atoms. The number of rotatable bonds is 5. The third-order valence-electron chi connectivity index (χ3n) is 4.42. The lowest BCUT2D eigenvalue weighted by Crippen LogP contribution is -2.21. The van der Waals surface area contributed by atoms with Gasteiger partial charge in [-0.1, -0.05) is 35.9 Å². The van der Waals surface area contributed by atoms with Gasteiger partial charge in [0.05, 0.1) is 6.26 Å². The van der Waals surface area contributed by atoms with Gasteiger partial charge >= 0.3 is 0 Å². The van der Waals surface area contributed by atoms with E-state index in [4.69, 9.17) is 16.7 Å². The Bertz CT molecular complexity index is 703. The Morgan fingerprint density at radius 3 is 2.91 bits per heavy atom. The monoisotopic (exact) mass is 327 g/mol. The van der Waals surface area contributed by atoms with E-state index in [0.717, 1.165) is 42.7 Å². The van der Waals surface area contributed by atoms with Crippen LogP contribution in [0.2, 0.25) is 5.02 Å². The molecule has 2 N–H and O–H groups in total. The van der Waals surface area contributed by atoms with Crippen molar-refractivity contribution in [1.82, 2.24) is 5.32 Å². The second-order valence-corrected chi connectivity index (χ2v) is 6.64. The third-order valence-corrected chi connectivity index (χ3v) is 4.64. The van der Waals surface area contributed by atoms with E-state index in [2.05, 4.69) is 36.5 Å². The summed E-state index contributed by atoms with van der Waals surface area (Å²) in [5.41, 5.74) is 6.33. The topological polar surface area (TPSA) is 32.3 Å². The lowest BCUT2D eigenvalue weighted by atomic mass is 10.0. The zero-order valence-corrected chi connectivity index (χ0v) is 14.1. The molecule has 0 spiro atoms. The van der Waals surface area contributed by atoms with Crippen LogP contribution in [-0.2, 0) is 12.8 Å². The van der Waals surface area contributed by atoms with Crippen molar-refractivity contribution in [3.05, 3.63) is 75.5 Å². The van der Waals surface area contributed by atoms with E-state index < -0.39 is 0 Å². The molecule has 3 heteroatoms. The van der Waals surface area contributed by atoms with Gasteiger partial charge in [-0.25, -0.2) is 0 Å². The predicted molar refractivity (Wildman–Crippen MR) is 97.1 cm³/mol. The SMILES string of the molecule is Cc1cc(Cl)cc(CCNC2CCc3cc(/C=C/O)ccc32)c1. The fourth-order valence-electron chi connectivity index (χ4n) is 3.39. The summed E-state index contributed by atoms with van der Waals surface area (Å²) in [6.45, 7) is 3.02. The van der Waals surface area contributed by atoms with Crippen LogP contribution in [0.1, 0.15) is 40.3 Å². The number of nitrogens with one attached hydrogen (secondary N) is 1. The lowest BCUT2D eigenvalue weighted by molar-refractivity contribution is 0.478. The third kappa shape index (κ3) is 3.95. The van der Waals surface area contributed by atoms with Crippen molar-refractivity contribution in [2.45, 2.75) is 32.2 Å². The van der Waals surface area contributed by atoms with Crippen molar-refractivity contribution in [3.63, 3.8) is 0 Å². The average molecular weight is 328 g/mol. The number of aryl methyl sites for hydroxylation is 2. The lowest BCUT2D eigenvalue weighted by Gasteiger charge is -2.14. The molecule has 0 saturated carbocycles. The average Bonchev–Trinajstić information content (AvgIpc) is 2.89. The van der Waals surface area contributed by atoms with Crippen molar-refractivity contribution in [2.75, 3.05) is 6.54 Å². The molecule has 0 bridgehead atoms. The first-order valence-electron chi connectivity index (χ1n) is 8.09. The summed E-state index contributed by atoms with van der Waals surface area (Å²) < 4.78 is 0. The smallest absolute Gasteiger partial charge is 0.0797 e. The standard InChI is InChI=1S/C20H22ClNO/c1-14-10-16(13-18(21)11-14)6-8-22-20-5-3-17-12-15(7-9-23)2-4-19(17)20/h2,4,7,9-13,20,22-23H,3,5-6,8H2,1H3/b9-7+. The molecule has 2 aromatic rings. The minimum Gasteiger partial charge on any atom is -0.516 e. The number of fused-ring (bicyclic) bond motifs is 1. The second kappa shape index (κ2) is 7.20. The Morgan fingerprint density at radius 1 is 1.26 bits per heavy atom. The molecule has 2 aromatic carbocycles. The van der Waals surface area contributed by atoms with E-state index in [9.17, 15) is 0 Å². The Balaban J connectivity index is 1.60. The Morgan fingerprint density at radius 2 is 2.13 bits per heavy atom. The van der Waals surface area contributed by atoms with Gasteiger partial charge in [0.1, 0.15) is 0 Å². The molecule has 0 saturated heterocycles. The van der Waals surface area contributed by atoms with Crippen LogP contribution in [-0.4, -0.2) is 11.7 Å². The maximum Gasteiger partial charge on any atom is 0.0797 e. The molecule has 2 nitrogen and oxygen atoms in total. The highest BCUT2D eigenvalue weighted by molar-refractivity contribution is 6.30. The van der Waals surface area contributed by atoms with E-state index in [1.807, 2.05) is 12.1 Å². The van der Waals surface area contributed by atoms with Gasteiger partial charge < -0.3 is 10.4 Å². The van der Waals surface area contributed by atoms with Gasteiger partial charge in [0, 0.05) is 11.1 Å². The van der Waals surface area contributed by atoms with Crippen LogP contribution in [0.4, 0.5) is 0 Å². The highest BCUT2D eigenvalue weighted by Crippen LogP contribution is 2.32. The van der Waals surface area contributed by atoms with E-state index in [0.29, 0.717) is 6.04 Å². The van der Waals surface area contributed by atoms with Crippen LogP contribution < -0.4 is 5.32 Å². The molecule has 0 aliphatic heterocycles. The summed E-state index contributed by atoms with van der Waals surface area (Å²) in [5, 5.41) is 13.4. The molecule has 3 rings (SSSR count). The first-order valence-corrected chi connectivity index (χ1v) is 8.46. The first-order chi connectivity index (χ1) is 11.2. The number of halogens is 1. The van der Waals surface area contributed by atoms with Crippen molar-refractivity contribution < 1.29 is 5.11 Å². The maximum absolute atomic E-state index is 8.88. The first kappa shape index (κ1) is 16.1. The van der Waals surface area contributed by atoms with Crippen LogP contribution in [0, 0.1) is 6.92 Å². The molecule has 1 aliphatic rings. The van der Waals surface area contributed by atoms with Crippen LogP contribution >= 0.6 is 11.6 Å². The zero-order chi connectivity index (χ0) is 16.2. The molecule has 0 aromatic heterocycles.